The summed E-state index contributed by atoms with van der Waals surface area (Å²) in [4.78, 5) is 14.8. The van der Waals surface area contributed by atoms with E-state index in [0.717, 1.165) is 48.3 Å². The van der Waals surface area contributed by atoms with Crippen LogP contribution >= 0.6 is 15.9 Å². The van der Waals surface area contributed by atoms with Crippen LogP contribution in [0.4, 0.5) is 4.39 Å². The van der Waals surface area contributed by atoms with Gasteiger partial charge in [0.1, 0.15) is 11.9 Å². The Morgan fingerprint density at radius 1 is 1.19 bits per heavy atom. The normalized spacial score (nSPS) is 24.1. The molecule has 0 bridgehead atoms. The van der Waals surface area contributed by atoms with Crippen molar-refractivity contribution in [2.45, 2.75) is 76.9 Å². The lowest BCUT2D eigenvalue weighted by atomic mass is 9.83. The number of rotatable bonds is 9. The Morgan fingerprint density at radius 2 is 1.90 bits per heavy atom. The number of ether oxygens (including phenoxy) is 1. The molecule has 1 amide bonds. The van der Waals surface area contributed by atoms with E-state index in [2.05, 4.69) is 26.1 Å². The van der Waals surface area contributed by atoms with Crippen LogP contribution in [-0.4, -0.2) is 49.7 Å². The summed E-state index contributed by atoms with van der Waals surface area (Å²) in [5, 5.41) is 3.18. The van der Waals surface area contributed by atoms with Crippen molar-refractivity contribution < 1.29 is 13.9 Å². The molecule has 31 heavy (non-hydrogen) atoms. The number of likely N-dealkylation sites (tertiary alicyclic amines) is 1. The van der Waals surface area contributed by atoms with Crippen LogP contribution in [-0.2, 0) is 16.0 Å². The zero-order valence-electron chi connectivity index (χ0n) is 19.0. The number of halogens is 2. The average Bonchev–Trinajstić information content (AvgIpc) is 2.77. The lowest BCUT2D eigenvalue weighted by Gasteiger charge is -2.34. The number of nitrogens with one attached hydrogen (secondary N) is 1. The lowest BCUT2D eigenvalue weighted by molar-refractivity contribution is -0.132. The van der Waals surface area contributed by atoms with E-state index in [9.17, 15) is 9.18 Å². The first-order chi connectivity index (χ1) is 15.0. The van der Waals surface area contributed by atoms with Gasteiger partial charge < -0.3 is 15.0 Å². The fourth-order valence-corrected chi connectivity index (χ4v) is 5.55. The van der Waals surface area contributed by atoms with Crippen molar-refractivity contribution in [1.29, 1.82) is 0 Å². The Bertz CT molecular complexity index is 697. The van der Waals surface area contributed by atoms with Gasteiger partial charge in [-0.2, -0.15) is 0 Å². The van der Waals surface area contributed by atoms with E-state index < -0.39 is 0 Å². The molecule has 1 heterocycles. The summed E-state index contributed by atoms with van der Waals surface area (Å²) in [6, 6.07) is 5.32. The minimum atomic E-state index is -0.317. The Morgan fingerprint density at radius 3 is 2.55 bits per heavy atom. The summed E-state index contributed by atoms with van der Waals surface area (Å²) in [7, 11) is 1.61. The molecule has 3 rings (SSSR count). The van der Waals surface area contributed by atoms with Crippen molar-refractivity contribution >= 4 is 21.8 Å². The van der Waals surface area contributed by atoms with Crippen molar-refractivity contribution in [1.82, 2.24) is 10.2 Å². The number of amides is 1. The van der Waals surface area contributed by atoms with Crippen molar-refractivity contribution in [3.8, 4) is 0 Å². The van der Waals surface area contributed by atoms with E-state index in [1.807, 2.05) is 13.0 Å². The Labute approximate surface area is 195 Å². The van der Waals surface area contributed by atoms with Crippen LogP contribution in [0.15, 0.2) is 22.7 Å². The van der Waals surface area contributed by atoms with Crippen LogP contribution in [0.2, 0.25) is 0 Å². The molecule has 2 aliphatic rings. The molecule has 0 radical (unpaired) electrons. The third-order valence-corrected chi connectivity index (χ3v) is 7.99. The standard InChI is InChI=1S/C25H38BrFN2O2/c1-3-24(31-2)25(30)28-22-7-4-18(5-8-22)10-13-29-14-11-19(12-15-29)16-20-17-21(27)6-9-23(20)26/h6,9,17-19,22,24H,3-5,7-8,10-16H2,1-2H3,(H,28,30). The first-order valence-corrected chi connectivity index (χ1v) is 12.8. The quantitative estimate of drug-likeness (QED) is 0.501. The van der Waals surface area contributed by atoms with E-state index in [0.29, 0.717) is 18.4 Å². The molecule has 0 aromatic heterocycles. The topological polar surface area (TPSA) is 41.6 Å². The molecule has 2 fully saturated rings. The largest absolute Gasteiger partial charge is 0.372 e. The molecule has 1 atom stereocenters. The van der Waals surface area contributed by atoms with Crippen LogP contribution in [0.3, 0.4) is 0 Å². The highest BCUT2D eigenvalue weighted by molar-refractivity contribution is 9.10. The summed E-state index contributed by atoms with van der Waals surface area (Å²) in [5.74, 6) is 1.32. The van der Waals surface area contributed by atoms with Gasteiger partial charge in [0.25, 0.3) is 0 Å². The highest BCUT2D eigenvalue weighted by Crippen LogP contribution is 2.29. The number of hydrogen-bond donors (Lipinski definition) is 1. The van der Waals surface area contributed by atoms with Gasteiger partial charge in [-0.3, -0.25) is 4.79 Å². The average molecular weight is 497 g/mol. The van der Waals surface area contributed by atoms with Gasteiger partial charge in [-0.25, -0.2) is 4.39 Å². The smallest absolute Gasteiger partial charge is 0.249 e. The third-order valence-electron chi connectivity index (χ3n) is 7.22. The van der Waals surface area contributed by atoms with Crippen molar-refractivity contribution in [3.05, 3.63) is 34.1 Å². The van der Waals surface area contributed by atoms with Gasteiger partial charge in [0, 0.05) is 17.6 Å². The number of benzene rings is 1. The molecule has 174 valence electrons. The second-order valence-electron chi connectivity index (χ2n) is 9.37. The van der Waals surface area contributed by atoms with E-state index in [4.69, 9.17) is 4.74 Å². The summed E-state index contributed by atoms with van der Waals surface area (Å²) in [5.41, 5.74) is 1.10. The molecular weight excluding hydrogens is 459 g/mol. The van der Waals surface area contributed by atoms with Crippen LogP contribution in [0.1, 0.15) is 63.9 Å². The predicted molar refractivity (Wildman–Crippen MR) is 127 cm³/mol. The van der Waals surface area contributed by atoms with E-state index in [-0.39, 0.29) is 17.8 Å². The number of carbonyl (C=O) groups is 1. The summed E-state index contributed by atoms with van der Waals surface area (Å²) in [6.07, 6.45) is 9.59. The maximum absolute atomic E-state index is 13.5. The van der Waals surface area contributed by atoms with Gasteiger partial charge in [0.15, 0.2) is 0 Å². The zero-order valence-corrected chi connectivity index (χ0v) is 20.6. The molecule has 1 saturated heterocycles. The Kier molecular flexibility index (Phi) is 9.79. The van der Waals surface area contributed by atoms with Crippen molar-refractivity contribution in [2.75, 3.05) is 26.7 Å². The van der Waals surface area contributed by atoms with Crippen LogP contribution in [0, 0.1) is 17.7 Å². The summed E-state index contributed by atoms with van der Waals surface area (Å²) < 4.78 is 19.8. The molecule has 1 aliphatic heterocycles. The monoisotopic (exact) mass is 496 g/mol. The molecular formula is C25H38BrFN2O2. The van der Waals surface area contributed by atoms with Crippen LogP contribution in [0.25, 0.3) is 0 Å². The van der Waals surface area contributed by atoms with Gasteiger partial charge in [0.05, 0.1) is 0 Å². The molecule has 1 aliphatic carbocycles. The van der Waals surface area contributed by atoms with Crippen molar-refractivity contribution in [2.24, 2.45) is 11.8 Å². The highest BCUT2D eigenvalue weighted by Gasteiger charge is 2.26. The number of piperidine rings is 1. The van der Waals surface area contributed by atoms with E-state index in [1.54, 1.807) is 13.2 Å². The number of hydrogen-bond acceptors (Lipinski definition) is 3. The minimum Gasteiger partial charge on any atom is -0.372 e. The Balaban J connectivity index is 1.32. The predicted octanol–water partition coefficient (Wildman–Crippen LogP) is 5.33. The van der Waals surface area contributed by atoms with Gasteiger partial charge >= 0.3 is 0 Å². The molecule has 6 heteroatoms. The molecule has 1 aromatic rings. The van der Waals surface area contributed by atoms with Crippen LogP contribution in [0.5, 0.6) is 0 Å². The fourth-order valence-electron chi connectivity index (χ4n) is 5.14. The SMILES string of the molecule is CCC(OC)C(=O)NC1CCC(CCN2CCC(Cc3cc(F)ccc3Br)CC2)CC1. The first-order valence-electron chi connectivity index (χ1n) is 12.0. The van der Waals surface area contributed by atoms with Gasteiger partial charge in [-0.15, -0.1) is 0 Å². The van der Waals surface area contributed by atoms with Gasteiger partial charge in [0.2, 0.25) is 5.91 Å². The second kappa shape index (κ2) is 12.3. The maximum Gasteiger partial charge on any atom is 0.249 e. The van der Waals surface area contributed by atoms with Gasteiger partial charge in [-0.05, 0) is 113 Å². The van der Waals surface area contributed by atoms with Gasteiger partial charge in [-0.1, -0.05) is 22.9 Å². The van der Waals surface area contributed by atoms with E-state index in [1.165, 1.54) is 44.7 Å². The highest BCUT2D eigenvalue weighted by atomic mass is 79.9. The lowest BCUT2D eigenvalue weighted by Crippen LogP contribution is -2.43. The van der Waals surface area contributed by atoms with Crippen LogP contribution < -0.4 is 5.32 Å². The van der Waals surface area contributed by atoms with E-state index >= 15 is 0 Å². The summed E-state index contributed by atoms with van der Waals surface area (Å²) in [6.45, 7) is 5.46. The number of carbonyl (C=O) groups excluding carboxylic acids is 1. The first kappa shape index (κ1) is 24.7. The fraction of sp³-hybridized carbons (Fsp3) is 0.720. The minimum absolute atomic E-state index is 0.0431. The molecule has 4 nitrogen and oxygen atoms in total. The number of methoxy groups -OCH3 is 1. The molecule has 1 saturated carbocycles. The zero-order chi connectivity index (χ0) is 22.2. The molecule has 1 unspecified atom stereocenters. The molecule has 0 spiro atoms. The maximum atomic E-state index is 13.5. The number of nitrogens with zero attached hydrogens (tertiary/aromatic N) is 1. The Hall–Kier alpha value is -0.980. The summed E-state index contributed by atoms with van der Waals surface area (Å²) >= 11 is 3.56. The molecule has 1 aromatic carbocycles. The molecule has 1 N–H and O–H groups in total. The van der Waals surface area contributed by atoms with Crippen molar-refractivity contribution in [3.63, 3.8) is 0 Å². The second-order valence-corrected chi connectivity index (χ2v) is 10.2. The third kappa shape index (κ3) is 7.54.